The Morgan fingerprint density at radius 2 is 1.87 bits per heavy atom. The molecule has 1 aliphatic heterocycles. The van der Waals surface area contributed by atoms with Crippen LogP contribution in [-0.2, 0) is 9.59 Å². The van der Waals surface area contributed by atoms with Gasteiger partial charge in [0.05, 0.1) is 17.8 Å². The standard InChI is InChI=1S/C22H29N5O3/c1-5-25(6-2)22(30)18-13-23-27(17-10-8-7-9-11-17)20(18)24-21(29)16-12-19(28)26(14-16)15(3)4/h7-11,13,15-16H,5-6,12,14H2,1-4H3,(H,24,29). The van der Waals surface area contributed by atoms with Gasteiger partial charge in [0.25, 0.3) is 5.91 Å². The molecule has 0 bridgehead atoms. The first-order valence-corrected chi connectivity index (χ1v) is 10.4. The molecule has 0 saturated carbocycles. The lowest BCUT2D eigenvalue weighted by Gasteiger charge is -2.21. The van der Waals surface area contributed by atoms with Crippen molar-refractivity contribution in [3.8, 4) is 5.69 Å². The highest BCUT2D eigenvalue weighted by Crippen LogP contribution is 2.26. The zero-order valence-corrected chi connectivity index (χ0v) is 18.0. The number of carbonyl (C=O) groups is 3. The Morgan fingerprint density at radius 1 is 1.20 bits per heavy atom. The topological polar surface area (TPSA) is 87.5 Å². The maximum atomic E-state index is 13.0. The van der Waals surface area contributed by atoms with Gasteiger partial charge in [0.15, 0.2) is 0 Å². The molecule has 8 nitrogen and oxygen atoms in total. The molecule has 2 heterocycles. The average Bonchev–Trinajstić information content (AvgIpc) is 3.33. The summed E-state index contributed by atoms with van der Waals surface area (Å²) in [5, 5.41) is 7.27. The molecule has 1 aromatic carbocycles. The highest BCUT2D eigenvalue weighted by molar-refractivity contribution is 6.04. The molecule has 2 aromatic rings. The second-order valence-corrected chi connectivity index (χ2v) is 7.66. The van der Waals surface area contributed by atoms with Gasteiger partial charge in [-0.3, -0.25) is 14.4 Å². The summed E-state index contributed by atoms with van der Waals surface area (Å²) in [5.41, 5.74) is 1.07. The molecule has 1 aliphatic rings. The van der Waals surface area contributed by atoms with Gasteiger partial charge >= 0.3 is 0 Å². The second-order valence-electron chi connectivity index (χ2n) is 7.66. The number of carbonyl (C=O) groups excluding carboxylic acids is 3. The molecule has 1 saturated heterocycles. The van der Waals surface area contributed by atoms with Crippen molar-refractivity contribution in [2.24, 2.45) is 5.92 Å². The van der Waals surface area contributed by atoms with Crippen molar-refractivity contribution >= 4 is 23.5 Å². The van der Waals surface area contributed by atoms with Crippen molar-refractivity contribution in [2.45, 2.75) is 40.2 Å². The summed E-state index contributed by atoms with van der Waals surface area (Å²) in [4.78, 5) is 41.7. The number of benzene rings is 1. The molecule has 0 spiro atoms. The van der Waals surface area contributed by atoms with Gasteiger partial charge in [0.2, 0.25) is 11.8 Å². The quantitative estimate of drug-likeness (QED) is 0.758. The summed E-state index contributed by atoms with van der Waals surface area (Å²) in [7, 11) is 0. The molecule has 3 rings (SSSR count). The predicted octanol–water partition coefficient (Wildman–Crippen LogP) is 2.55. The zero-order valence-electron chi connectivity index (χ0n) is 18.0. The Kier molecular flexibility index (Phi) is 6.54. The SMILES string of the molecule is CCN(CC)C(=O)c1cnn(-c2ccccc2)c1NC(=O)C1CC(=O)N(C(C)C)C1. The Bertz CT molecular complexity index is 918. The van der Waals surface area contributed by atoms with Crippen LogP contribution in [0, 0.1) is 5.92 Å². The highest BCUT2D eigenvalue weighted by Gasteiger charge is 2.36. The zero-order chi connectivity index (χ0) is 21.8. The van der Waals surface area contributed by atoms with Crippen LogP contribution in [0.3, 0.4) is 0 Å². The number of rotatable bonds is 7. The van der Waals surface area contributed by atoms with Gasteiger partial charge in [-0.25, -0.2) is 4.68 Å². The van der Waals surface area contributed by atoms with Crippen LogP contribution in [0.15, 0.2) is 36.5 Å². The molecule has 1 atom stereocenters. The Balaban J connectivity index is 1.93. The summed E-state index contributed by atoms with van der Waals surface area (Å²) in [6, 6.07) is 9.37. The second kappa shape index (κ2) is 9.11. The molecule has 1 unspecified atom stereocenters. The van der Waals surface area contributed by atoms with Gasteiger partial charge in [-0.2, -0.15) is 5.10 Å². The van der Waals surface area contributed by atoms with E-state index in [0.29, 0.717) is 31.0 Å². The fraction of sp³-hybridized carbons (Fsp3) is 0.455. The van der Waals surface area contributed by atoms with E-state index in [1.165, 1.54) is 6.20 Å². The number of amides is 3. The van der Waals surface area contributed by atoms with E-state index in [0.717, 1.165) is 5.69 Å². The van der Waals surface area contributed by atoms with Crippen LogP contribution in [0.5, 0.6) is 0 Å². The van der Waals surface area contributed by atoms with Gasteiger partial charge in [0, 0.05) is 32.1 Å². The maximum Gasteiger partial charge on any atom is 0.259 e. The minimum Gasteiger partial charge on any atom is -0.339 e. The Hall–Kier alpha value is -3.16. The van der Waals surface area contributed by atoms with E-state index in [1.54, 1.807) is 14.5 Å². The fourth-order valence-electron chi connectivity index (χ4n) is 3.70. The van der Waals surface area contributed by atoms with E-state index < -0.39 is 5.92 Å². The van der Waals surface area contributed by atoms with Crippen molar-refractivity contribution in [2.75, 3.05) is 25.0 Å². The van der Waals surface area contributed by atoms with Crippen LogP contribution in [0.2, 0.25) is 0 Å². The van der Waals surface area contributed by atoms with Crippen LogP contribution in [-0.4, -0.2) is 63.0 Å². The Morgan fingerprint density at radius 3 is 2.43 bits per heavy atom. The fourth-order valence-corrected chi connectivity index (χ4v) is 3.70. The molecular formula is C22H29N5O3. The van der Waals surface area contributed by atoms with E-state index >= 15 is 0 Å². The Labute approximate surface area is 176 Å². The first kappa shape index (κ1) is 21.5. The lowest BCUT2D eigenvalue weighted by atomic mass is 10.1. The minimum absolute atomic E-state index is 0.0267. The molecule has 8 heteroatoms. The smallest absolute Gasteiger partial charge is 0.259 e. The van der Waals surface area contributed by atoms with Crippen molar-refractivity contribution < 1.29 is 14.4 Å². The van der Waals surface area contributed by atoms with Crippen molar-refractivity contribution in [3.63, 3.8) is 0 Å². The van der Waals surface area contributed by atoms with Crippen molar-refractivity contribution in [3.05, 3.63) is 42.1 Å². The van der Waals surface area contributed by atoms with E-state index in [1.807, 2.05) is 58.0 Å². The van der Waals surface area contributed by atoms with Crippen LogP contribution in [0.25, 0.3) is 5.69 Å². The minimum atomic E-state index is -0.463. The molecule has 0 radical (unpaired) electrons. The summed E-state index contributed by atoms with van der Waals surface area (Å²) < 4.78 is 1.56. The molecule has 0 aliphatic carbocycles. The molecule has 160 valence electrons. The predicted molar refractivity (Wildman–Crippen MR) is 114 cm³/mol. The number of likely N-dealkylation sites (tertiary alicyclic amines) is 1. The van der Waals surface area contributed by atoms with Crippen LogP contribution < -0.4 is 5.32 Å². The van der Waals surface area contributed by atoms with E-state index in [-0.39, 0.29) is 30.2 Å². The molecule has 1 N–H and O–H groups in total. The summed E-state index contributed by atoms with van der Waals surface area (Å²) in [6.07, 6.45) is 1.66. The number of nitrogens with zero attached hydrogens (tertiary/aromatic N) is 4. The van der Waals surface area contributed by atoms with Gasteiger partial charge in [0.1, 0.15) is 11.4 Å². The monoisotopic (exact) mass is 411 g/mol. The van der Waals surface area contributed by atoms with Crippen LogP contribution in [0.4, 0.5) is 5.82 Å². The molecule has 3 amide bonds. The lowest BCUT2D eigenvalue weighted by Crippen LogP contribution is -2.34. The first-order valence-electron chi connectivity index (χ1n) is 10.4. The van der Waals surface area contributed by atoms with Crippen molar-refractivity contribution in [1.82, 2.24) is 19.6 Å². The van der Waals surface area contributed by atoms with E-state index in [2.05, 4.69) is 10.4 Å². The van der Waals surface area contributed by atoms with Crippen LogP contribution in [0.1, 0.15) is 44.5 Å². The largest absolute Gasteiger partial charge is 0.339 e. The average molecular weight is 412 g/mol. The number of aromatic nitrogens is 2. The number of hydrogen-bond acceptors (Lipinski definition) is 4. The molecule has 30 heavy (non-hydrogen) atoms. The molecule has 1 aromatic heterocycles. The molecular weight excluding hydrogens is 382 g/mol. The number of hydrogen-bond donors (Lipinski definition) is 1. The highest BCUT2D eigenvalue weighted by atomic mass is 16.2. The number of nitrogens with one attached hydrogen (secondary N) is 1. The number of anilines is 1. The van der Waals surface area contributed by atoms with Crippen LogP contribution >= 0.6 is 0 Å². The maximum absolute atomic E-state index is 13.0. The van der Waals surface area contributed by atoms with Gasteiger partial charge in [-0.05, 0) is 39.8 Å². The third-order valence-electron chi connectivity index (χ3n) is 5.45. The summed E-state index contributed by atoms with van der Waals surface area (Å²) in [5.74, 6) is -0.628. The third-order valence-corrected chi connectivity index (χ3v) is 5.45. The van der Waals surface area contributed by atoms with Crippen molar-refractivity contribution in [1.29, 1.82) is 0 Å². The first-order chi connectivity index (χ1) is 14.4. The summed E-state index contributed by atoms with van der Waals surface area (Å²) in [6.45, 7) is 9.17. The lowest BCUT2D eigenvalue weighted by molar-refractivity contribution is -0.129. The normalized spacial score (nSPS) is 16.2. The molecule has 1 fully saturated rings. The summed E-state index contributed by atoms with van der Waals surface area (Å²) >= 11 is 0. The van der Waals surface area contributed by atoms with Gasteiger partial charge < -0.3 is 15.1 Å². The van der Waals surface area contributed by atoms with Gasteiger partial charge in [-0.1, -0.05) is 18.2 Å². The third kappa shape index (κ3) is 4.22. The van der Waals surface area contributed by atoms with Gasteiger partial charge in [-0.15, -0.1) is 0 Å². The number of para-hydroxylation sites is 1. The van der Waals surface area contributed by atoms with E-state index in [9.17, 15) is 14.4 Å². The van der Waals surface area contributed by atoms with E-state index in [4.69, 9.17) is 0 Å².